The van der Waals surface area contributed by atoms with Gasteiger partial charge in [-0.15, -0.1) is 0 Å². The molecule has 102 valence electrons. The molecular formula is C12H14BrN3O3. The number of hydrazine groups is 1. The van der Waals surface area contributed by atoms with Gasteiger partial charge in [0.05, 0.1) is 11.8 Å². The molecule has 6 nitrogen and oxygen atoms in total. The van der Waals surface area contributed by atoms with Gasteiger partial charge in [-0.1, -0.05) is 15.9 Å². The van der Waals surface area contributed by atoms with E-state index < -0.39 is 18.2 Å². The molecule has 0 aromatic heterocycles. The van der Waals surface area contributed by atoms with Gasteiger partial charge in [0.2, 0.25) is 0 Å². The van der Waals surface area contributed by atoms with Crippen LogP contribution in [0.1, 0.15) is 13.8 Å². The number of urea groups is 1. The lowest BCUT2D eigenvalue weighted by Gasteiger charge is -2.16. The van der Waals surface area contributed by atoms with E-state index in [9.17, 15) is 9.59 Å². The minimum Gasteiger partial charge on any atom is -0.460 e. The highest BCUT2D eigenvalue weighted by Crippen LogP contribution is 2.19. The van der Waals surface area contributed by atoms with E-state index >= 15 is 0 Å². The number of carbonyl (C=O) groups is 2. The predicted molar refractivity (Wildman–Crippen MR) is 73.3 cm³/mol. The Bertz CT molecular complexity index is 489. The SMILES string of the molecule is CC(C)OC(=O)C1NC(=O)N(c2ccc(Br)cc2)N1. The average molecular weight is 328 g/mol. The summed E-state index contributed by atoms with van der Waals surface area (Å²) in [5, 5.41) is 3.79. The van der Waals surface area contributed by atoms with E-state index in [0.29, 0.717) is 5.69 Å². The third kappa shape index (κ3) is 3.24. The van der Waals surface area contributed by atoms with Gasteiger partial charge in [0.15, 0.2) is 6.17 Å². The van der Waals surface area contributed by atoms with Crippen LogP contribution in [0.3, 0.4) is 0 Å². The first-order chi connectivity index (χ1) is 8.97. The molecule has 2 rings (SSSR count). The van der Waals surface area contributed by atoms with Crippen molar-refractivity contribution in [1.29, 1.82) is 0 Å². The molecule has 0 spiro atoms. The van der Waals surface area contributed by atoms with Crippen molar-refractivity contribution in [2.24, 2.45) is 0 Å². The van der Waals surface area contributed by atoms with Gasteiger partial charge >= 0.3 is 12.0 Å². The van der Waals surface area contributed by atoms with Gasteiger partial charge < -0.3 is 10.1 Å². The first-order valence-electron chi connectivity index (χ1n) is 5.80. The number of rotatable bonds is 3. The summed E-state index contributed by atoms with van der Waals surface area (Å²) in [6.07, 6.45) is -1.09. The van der Waals surface area contributed by atoms with Crippen molar-refractivity contribution in [3.63, 3.8) is 0 Å². The summed E-state index contributed by atoms with van der Waals surface area (Å²) in [7, 11) is 0. The fourth-order valence-corrected chi connectivity index (χ4v) is 1.87. The zero-order chi connectivity index (χ0) is 14.0. The Kier molecular flexibility index (Phi) is 4.06. The standard InChI is InChI=1S/C12H14BrN3O3/c1-7(2)19-11(17)10-14-12(18)16(15-10)9-5-3-8(13)4-6-9/h3-7,10,15H,1-2H3,(H,14,18). The van der Waals surface area contributed by atoms with Gasteiger partial charge in [-0.25, -0.2) is 14.6 Å². The molecule has 7 heteroatoms. The highest BCUT2D eigenvalue weighted by atomic mass is 79.9. The number of esters is 1. The fraction of sp³-hybridized carbons (Fsp3) is 0.333. The summed E-state index contributed by atoms with van der Waals surface area (Å²) < 4.78 is 5.94. The fourth-order valence-electron chi connectivity index (χ4n) is 1.60. The molecule has 1 aromatic carbocycles. The first-order valence-corrected chi connectivity index (χ1v) is 6.59. The van der Waals surface area contributed by atoms with Crippen LogP contribution in [0.2, 0.25) is 0 Å². The molecule has 0 radical (unpaired) electrons. The van der Waals surface area contributed by atoms with Crippen LogP contribution in [0.5, 0.6) is 0 Å². The Balaban J connectivity index is 2.07. The summed E-state index contributed by atoms with van der Waals surface area (Å²) in [5.74, 6) is -0.511. The molecule has 0 bridgehead atoms. The van der Waals surface area contributed by atoms with Crippen molar-refractivity contribution in [3.8, 4) is 0 Å². The number of halogens is 1. The molecule has 1 unspecified atom stereocenters. The number of carbonyl (C=O) groups excluding carboxylic acids is 2. The van der Waals surface area contributed by atoms with Crippen molar-refractivity contribution >= 4 is 33.6 Å². The molecule has 1 heterocycles. The van der Waals surface area contributed by atoms with E-state index in [1.807, 2.05) is 12.1 Å². The Morgan fingerprint density at radius 2 is 2.00 bits per heavy atom. The van der Waals surface area contributed by atoms with Crippen LogP contribution in [-0.4, -0.2) is 24.3 Å². The van der Waals surface area contributed by atoms with Crippen LogP contribution in [0.4, 0.5) is 10.5 Å². The largest absolute Gasteiger partial charge is 0.460 e. The highest BCUT2D eigenvalue weighted by Gasteiger charge is 2.35. The van der Waals surface area contributed by atoms with Gasteiger partial charge in [-0.2, -0.15) is 5.43 Å². The van der Waals surface area contributed by atoms with Crippen molar-refractivity contribution < 1.29 is 14.3 Å². The number of nitrogens with zero attached hydrogens (tertiary/aromatic N) is 1. The molecule has 19 heavy (non-hydrogen) atoms. The summed E-state index contributed by atoms with van der Waals surface area (Å²) in [4.78, 5) is 23.5. The number of amides is 2. The maximum absolute atomic E-state index is 11.8. The van der Waals surface area contributed by atoms with Crippen LogP contribution < -0.4 is 15.8 Å². The number of anilines is 1. The molecule has 2 amide bonds. The Hall–Kier alpha value is -1.60. The maximum atomic E-state index is 11.8. The molecular weight excluding hydrogens is 314 g/mol. The van der Waals surface area contributed by atoms with Gasteiger partial charge in [0, 0.05) is 4.47 Å². The van der Waals surface area contributed by atoms with E-state index in [1.165, 1.54) is 5.01 Å². The molecule has 0 aliphatic carbocycles. The third-order valence-electron chi connectivity index (χ3n) is 2.40. The number of benzene rings is 1. The van der Waals surface area contributed by atoms with Crippen LogP contribution in [0.25, 0.3) is 0 Å². The number of hydrogen-bond acceptors (Lipinski definition) is 4. The molecule has 0 saturated carbocycles. The lowest BCUT2D eigenvalue weighted by Crippen LogP contribution is -2.44. The van der Waals surface area contributed by atoms with E-state index in [0.717, 1.165) is 4.47 Å². The highest BCUT2D eigenvalue weighted by molar-refractivity contribution is 9.10. The van der Waals surface area contributed by atoms with E-state index in [1.54, 1.807) is 26.0 Å². The average Bonchev–Trinajstić information content (AvgIpc) is 2.72. The van der Waals surface area contributed by atoms with Crippen LogP contribution in [0, 0.1) is 0 Å². The minimum absolute atomic E-state index is 0.229. The van der Waals surface area contributed by atoms with Crippen LogP contribution >= 0.6 is 15.9 Å². The van der Waals surface area contributed by atoms with Crippen LogP contribution in [-0.2, 0) is 9.53 Å². The third-order valence-corrected chi connectivity index (χ3v) is 2.93. The lowest BCUT2D eigenvalue weighted by molar-refractivity contribution is -0.150. The molecule has 1 aromatic rings. The van der Waals surface area contributed by atoms with Crippen molar-refractivity contribution in [2.75, 3.05) is 5.01 Å². The topological polar surface area (TPSA) is 70.7 Å². The molecule has 1 fully saturated rings. The van der Waals surface area contributed by atoms with E-state index in [2.05, 4.69) is 26.7 Å². The zero-order valence-corrected chi connectivity index (χ0v) is 12.1. The summed E-state index contributed by atoms with van der Waals surface area (Å²) in [6.45, 7) is 3.50. The zero-order valence-electron chi connectivity index (χ0n) is 10.5. The molecule has 1 saturated heterocycles. The smallest absolute Gasteiger partial charge is 0.345 e. The van der Waals surface area contributed by atoms with E-state index in [-0.39, 0.29) is 6.10 Å². The maximum Gasteiger partial charge on any atom is 0.345 e. The van der Waals surface area contributed by atoms with Crippen LogP contribution in [0.15, 0.2) is 28.7 Å². The second-order valence-corrected chi connectivity index (χ2v) is 5.22. The minimum atomic E-state index is -0.862. The summed E-state index contributed by atoms with van der Waals surface area (Å²) >= 11 is 3.32. The second kappa shape index (κ2) is 5.58. The van der Waals surface area contributed by atoms with Crippen molar-refractivity contribution in [3.05, 3.63) is 28.7 Å². The predicted octanol–water partition coefficient (Wildman–Crippen LogP) is 1.76. The summed E-state index contributed by atoms with van der Waals surface area (Å²) in [5.41, 5.74) is 3.40. The molecule has 1 aliphatic rings. The first kappa shape index (κ1) is 13.8. The Morgan fingerprint density at radius 3 is 2.58 bits per heavy atom. The quantitative estimate of drug-likeness (QED) is 0.830. The molecule has 1 aliphatic heterocycles. The molecule has 1 atom stereocenters. The van der Waals surface area contributed by atoms with Crippen molar-refractivity contribution in [2.45, 2.75) is 26.1 Å². The number of ether oxygens (including phenoxy) is 1. The normalized spacial score (nSPS) is 18.6. The van der Waals surface area contributed by atoms with Gasteiger partial charge in [-0.3, -0.25) is 0 Å². The van der Waals surface area contributed by atoms with E-state index in [4.69, 9.17) is 4.74 Å². The Labute approximate surface area is 119 Å². The van der Waals surface area contributed by atoms with Crippen molar-refractivity contribution in [1.82, 2.24) is 10.7 Å². The lowest BCUT2D eigenvalue weighted by atomic mass is 10.3. The molecule has 2 N–H and O–H groups in total. The van der Waals surface area contributed by atoms with Gasteiger partial charge in [-0.05, 0) is 38.1 Å². The second-order valence-electron chi connectivity index (χ2n) is 4.31. The Morgan fingerprint density at radius 1 is 1.37 bits per heavy atom. The monoisotopic (exact) mass is 327 g/mol. The number of hydrogen-bond donors (Lipinski definition) is 2. The van der Waals surface area contributed by atoms with Gasteiger partial charge in [0.25, 0.3) is 0 Å². The summed E-state index contributed by atoms with van der Waals surface area (Å²) in [6, 6.07) is 6.74. The van der Waals surface area contributed by atoms with Gasteiger partial charge in [0.1, 0.15) is 0 Å². The number of nitrogens with one attached hydrogen (secondary N) is 2.